The Kier molecular flexibility index (Phi) is 8.41. The summed E-state index contributed by atoms with van der Waals surface area (Å²) in [6, 6.07) is 15.3. The summed E-state index contributed by atoms with van der Waals surface area (Å²) in [7, 11) is 1.66. The number of hydrogen-bond donors (Lipinski definition) is 2. The standard InChI is InChI=1S/C23H29N3O4/c1-16(2)21(25-23(29)24-19-12-6-5-7-13-19)22(28)30-15-20(27)26(4)14-18-11-9-8-10-17(18)3/h5-13,16,21H,14-15H2,1-4H3,(H2,24,25,29)/t21-/m0/s1. The van der Waals surface area contributed by atoms with Crippen molar-refractivity contribution in [3.8, 4) is 0 Å². The molecule has 2 N–H and O–H groups in total. The van der Waals surface area contributed by atoms with Gasteiger partial charge in [-0.15, -0.1) is 0 Å². The van der Waals surface area contributed by atoms with Gasteiger partial charge in [0, 0.05) is 19.3 Å². The molecule has 0 radical (unpaired) electrons. The van der Waals surface area contributed by atoms with Crippen molar-refractivity contribution in [1.82, 2.24) is 10.2 Å². The van der Waals surface area contributed by atoms with Crippen LogP contribution in [-0.4, -0.2) is 42.5 Å². The van der Waals surface area contributed by atoms with Crippen molar-refractivity contribution >= 4 is 23.6 Å². The second-order valence-corrected chi connectivity index (χ2v) is 7.47. The first-order valence-electron chi connectivity index (χ1n) is 9.85. The van der Waals surface area contributed by atoms with Gasteiger partial charge < -0.3 is 20.3 Å². The molecule has 0 aliphatic heterocycles. The summed E-state index contributed by atoms with van der Waals surface area (Å²) in [5, 5.41) is 5.28. The third-order valence-electron chi connectivity index (χ3n) is 4.67. The molecule has 0 saturated heterocycles. The Bertz CT molecular complexity index is 868. The predicted octanol–water partition coefficient (Wildman–Crippen LogP) is 3.34. The van der Waals surface area contributed by atoms with Crippen LogP contribution < -0.4 is 10.6 Å². The third kappa shape index (κ3) is 6.92. The monoisotopic (exact) mass is 411 g/mol. The van der Waals surface area contributed by atoms with Crippen LogP contribution in [0.1, 0.15) is 25.0 Å². The van der Waals surface area contributed by atoms with Gasteiger partial charge in [-0.1, -0.05) is 56.3 Å². The van der Waals surface area contributed by atoms with Gasteiger partial charge in [0.2, 0.25) is 0 Å². The number of nitrogens with zero attached hydrogens (tertiary/aromatic N) is 1. The number of carbonyl (C=O) groups is 3. The van der Waals surface area contributed by atoms with Crippen molar-refractivity contribution in [1.29, 1.82) is 0 Å². The molecular weight excluding hydrogens is 382 g/mol. The van der Waals surface area contributed by atoms with Crippen molar-refractivity contribution in [2.45, 2.75) is 33.4 Å². The minimum absolute atomic E-state index is 0.209. The molecule has 2 aromatic carbocycles. The predicted molar refractivity (Wildman–Crippen MR) is 116 cm³/mol. The number of likely N-dealkylation sites (N-methyl/N-ethyl adjacent to an activating group) is 1. The minimum Gasteiger partial charge on any atom is -0.454 e. The maximum absolute atomic E-state index is 12.5. The van der Waals surface area contributed by atoms with E-state index in [1.807, 2.05) is 37.3 Å². The highest BCUT2D eigenvalue weighted by atomic mass is 16.5. The van der Waals surface area contributed by atoms with Crippen molar-refractivity contribution in [3.05, 3.63) is 65.7 Å². The summed E-state index contributed by atoms with van der Waals surface area (Å²) in [5.41, 5.74) is 2.72. The zero-order valence-electron chi connectivity index (χ0n) is 17.8. The van der Waals surface area contributed by atoms with Crippen LogP contribution in [0.3, 0.4) is 0 Å². The second kappa shape index (κ2) is 11.0. The molecule has 0 bridgehead atoms. The lowest BCUT2D eigenvalue weighted by atomic mass is 10.1. The number of rotatable bonds is 8. The van der Waals surface area contributed by atoms with Crippen LogP contribution in [0.2, 0.25) is 0 Å². The Morgan fingerprint density at radius 2 is 1.63 bits per heavy atom. The molecule has 2 aromatic rings. The van der Waals surface area contributed by atoms with Gasteiger partial charge >= 0.3 is 12.0 Å². The summed E-state index contributed by atoms with van der Waals surface area (Å²) in [6.07, 6.45) is 0. The first kappa shape index (κ1) is 22.9. The normalized spacial score (nSPS) is 11.5. The molecule has 0 unspecified atom stereocenters. The van der Waals surface area contributed by atoms with E-state index in [-0.39, 0.29) is 18.4 Å². The molecule has 0 saturated carbocycles. The van der Waals surface area contributed by atoms with Crippen LogP contribution in [0.25, 0.3) is 0 Å². The van der Waals surface area contributed by atoms with Crippen LogP contribution in [0.4, 0.5) is 10.5 Å². The fourth-order valence-electron chi connectivity index (χ4n) is 2.79. The van der Waals surface area contributed by atoms with Crippen LogP contribution in [0.5, 0.6) is 0 Å². The van der Waals surface area contributed by atoms with Crippen molar-refractivity contribution in [2.24, 2.45) is 5.92 Å². The van der Waals surface area contributed by atoms with Gasteiger partial charge in [-0.2, -0.15) is 0 Å². The van der Waals surface area contributed by atoms with Crippen LogP contribution >= 0.6 is 0 Å². The van der Waals surface area contributed by atoms with Gasteiger partial charge in [0.25, 0.3) is 5.91 Å². The minimum atomic E-state index is -0.872. The van der Waals surface area contributed by atoms with E-state index >= 15 is 0 Å². The fourth-order valence-corrected chi connectivity index (χ4v) is 2.79. The molecule has 0 aliphatic carbocycles. The first-order chi connectivity index (χ1) is 14.3. The maximum Gasteiger partial charge on any atom is 0.329 e. The van der Waals surface area contributed by atoms with Gasteiger partial charge in [0.15, 0.2) is 6.61 Å². The van der Waals surface area contributed by atoms with E-state index in [1.54, 1.807) is 45.2 Å². The van der Waals surface area contributed by atoms with E-state index in [9.17, 15) is 14.4 Å². The number of ether oxygens (including phenoxy) is 1. The molecule has 7 heteroatoms. The van der Waals surface area contributed by atoms with Crippen LogP contribution in [0.15, 0.2) is 54.6 Å². The molecule has 2 rings (SSSR count). The summed E-state index contributed by atoms with van der Waals surface area (Å²) < 4.78 is 5.19. The van der Waals surface area contributed by atoms with Crippen LogP contribution in [-0.2, 0) is 20.9 Å². The molecule has 0 aliphatic rings. The Morgan fingerprint density at radius 1 is 1.00 bits per heavy atom. The Balaban J connectivity index is 1.87. The Morgan fingerprint density at radius 3 is 2.27 bits per heavy atom. The molecule has 0 heterocycles. The largest absolute Gasteiger partial charge is 0.454 e. The van der Waals surface area contributed by atoms with Gasteiger partial charge in [-0.25, -0.2) is 9.59 Å². The SMILES string of the molecule is Cc1ccccc1CN(C)C(=O)COC(=O)[C@@H](NC(=O)Nc1ccccc1)C(C)C. The average molecular weight is 412 g/mol. The molecule has 0 spiro atoms. The number of para-hydroxylation sites is 1. The van der Waals surface area contributed by atoms with Gasteiger partial charge in [0.05, 0.1) is 0 Å². The summed E-state index contributed by atoms with van der Waals surface area (Å²) in [4.78, 5) is 38.6. The average Bonchev–Trinajstić information content (AvgIpc) is 2.72. The maximum atomic E-state index is 12.5. The number of aryl methyl sites for hydroxylation is 1. The summed E-state index contributed by atoms with van der Waals surface area (Å²) in [6.45, 7) is 5.61. The van der Waals surface area contributed by atoms with E-state index < -0.39 is 18.0 Å². The van der Waals surface area contributed by atoms with Gasteiger partial charge in [-0.3, -0.25) is 4.79 Å². The third-order valence-corrected chi connectivity index (χ3v) is 4.67. The fraction of sp³-hybridized carbons (Fsp3) is 0.348. The number of urea groups is 1. The first-order valence-corrected chi connectivity index (χ1v) is 9.85. The number of carbonyl (C=O) groups excluding carboxylic acids is 3. The number of amides is 3. The summed E-state index contributed by atoms with van der Waals surface area (Å²) in [5.74, 6) is -1.17. The van der Waals surface area contributed by atoms with E-state index in [2.05, 4.69) is 10.6 Å². The number of hydrogen-bond acceptors (Lipinski definition) is 4. The van der Waals surface area contributed by atoms with E-state index in [0.717, 1.165) is 11.1 Å². The number of benzene rings is 2. The lowest BCUT2D eigenvalue weighted by Gasteiger charge is -2.22. The van der Waals surface area contributed by atoms with E-state index in [1.165, 1.54) is 4.90 Å². The topological polar surface area (TPSA) is 87.7 Å². The Hall–Kier alpha value is -3.35. The van der Waals surface area contributed by atoms with Crippen molar-refractivity contribution in [3.63, 3.8) is 0 Å². The quantitative estimate of drug-likeness (QED) is 0.652. The highest BCUT2D eigenvalue weighted by Crippen LogP contribution is 2.11. The van der Waals surface area contributed by atoms with Gasteiger partial charge in [-0.05, 0) is 36.1 Å². The van der Waals surface area contributed by atoms with Crippen molar-refractivity contribution in [2.75, 3.05) is 19.0 Å². The molecule has 0 aromatic heterocycles. The number of esters is 1. The molecule has 3 amide bonds. The smallest absolute Gasteiger partial charge is 0.329 e. The van der Waals surface area contributed by atoms with E-state index in [0.29, 0.717) is 12.2 Å². The number of anilines is 1. The second-order valence-electron chi connectivity index (χ2n) is 7.47. The van der Waals surface area contributed by atoms with Crippen LogP contribution in [0, 0.1) is 12.8 Å². The number of nitrogens with one attached hydrogen (secondary N) is 2. The van der Waals surface area contributed by atoms with E-state index in [4.69, 9.17) is 4.74 Å². The van der Waals surface area contributed by atoms with Gasteiger partial charge in [0.1, 0.15) is 6.04 Å². The molecule has 7 nitrogen and oxygen atoms in total. The molecule has 0 fully saturated rings. The molecule has 1 atom stereocenters. The lowest BCUT2D eigenvalue weighted by molar-refractivity contribution is -0.154. The zero-order chi connectivity index (χ0) is 22.1. The molecule has 160 valence electrons. The lowest BCUT2D eigenvalue weighted by Crippen LogP contribution is -2.47. The Labute approximate surface area is 177 Å². The molecule has 30 heavy (non-hydrogen) atoms. The zero-order valence-corrected chi connectivity index (χ0v) is 17.8. The van der Waals surface area contributed by atoms with Crippen molar-refractivity contribution < 1.29 is 19.1 Å². The molecular formula is C23H29N3O4. The highest BCUT2D eigenvalue weighted by Gasteiger charge is 2.27. The highest BCUT2D eigenvalue weighted by molar-refractivity contribution is 5.93. The summed E-state index contributed by atoms with van der Waals surface area (Å²) >= 11 is 0.